The standard InChI is InChI=1S/C20H18F4N2O4/c1-11-25-26-18(30-11)15(8-17(27)28)13-7-12(9-19(21,10-13)20(22,23)24)14-5-3-4-6-16(14)29-2/h3-7,9,15H,8,10H2,1-2H3,(H,27,28). The molecule has 0 amide bonds. The van der Waals surface area contributed by atoms with Crippen molar-refractivity contribution >= 4 is 11.5 Å². The van der Waals surface area contributed by atoms with Crippen LogP contribution in [0.1, 0.15) is 36.1 Å². The topological polar surface area (TPSA) is 85.5 Å². The van der Waals surface area contributed by atoms with Crippen LogP contribution in [0.5, 0.6) is 5.75 Å². The maximum Gasteiger partial charge on any atom is 0.426 e. The van der Waals surface area contributed by atoms with Crippen molar-refractivity contribution in [2.45, 2.75) is 37.5 Å². The monoisotopic (exact) mass is 426 g/mol. The van der Waals surface area contributed by atoms with Crippen LogP contribution in [-0.4, -0.2) is 40.2 Å². The van der Waals surface area contributed by atoms with Gasteiger partial charge in [0.1, 0.15) is 5.75 Å². The number of nitrogens with zero attached hydrogens (tertiary/aromatic N) is 2. The number of rotatable bonds is 6. The third-order valence-corrected chi connectivity index (χ3v) is 4.74. The molecule has 160 valence electrons. The molecule has 1 aliphatic rings. The predicted octanol–water partition coefficient (Wildman–Crippen LogP) is 4.63. The van der Waals surface area contributed by atoms with Gasteiger partial charge in [-0.05, 0) is 17.7 Å². The second kappa shape index (κ2) is 7.92. The number of methoxy groups -OCH3 is 1. The number of carboxylic acid groups (broad SMARTS) is 1. The molecule has 0 spiro atoms. The Kier molecular flexibility index (Phi) is 5.69. The summed E-state index contributed by atoms with van der Waals surface area (Å²) in [6.45, 7) is 1.46. The summed E-state index contributed by atoms with van der Waals surface area (Å²) >= 11 is 0. The van der Waals surface area contributed by atoms with Gasteiger partial charge in [0.25, 0.3) is 0 Å². The van der Waals surface area contributed by atoms with Crippen molar-refractivity contribution in [2.24, 2.45) is 0 Å². The molecule has 1 heterocycles. The van der Waals surface area contributed by atoms with Crippen LogP contribution in [0.3, 0.4) is 0 Å². The van der Waals surface area contributed by atoms with E-state index in [0.29, 0.717) is 6.08 Å². The van der Waals surface area contributed by atoms with E-state index in [1.54, 1.807) is 12.1 Å². The van der Waals surface area contributed by atoms with Crippen LogP contribution in [0.4, 0.5) is 17.6 Å². The quantitative estimate of drug-likeness (QED) is 0.678. The molecule has 3 rings (SSSR count). The third-order valence-electron chi connectivity index (χ3n) is 4.74. The number of para-hydroxylation sites is 1. The van der Waals surface area contributed by atoms with Crippen molar-refractivity contribution in [3.8, 4) is 5.75 Å². The summed E-state index contributed by atoms with van der Waals surface area (Å²) in [5.74, 6) is -2.36. The van der Waals surface area contributed by atoms with Crippen LogP contribution in [0, 0.1) is 6.92 Å². The molecule has 0 saturated carbocycles. The average Bonchev–Trinajstić information content (AvgIpc) is 3.10. The number of hydrogen-bond acceptors (Lipinski definition) is 5. The smallest absolute Gasteiger partial charge is 0.426 e. The van der Waals surface area contributed by atoms with Gasteiger partial charge in [0.05, 0.1) is 19.4 Å². The van der Waals surface area contributed by atoms with Crippen LogP contribution < -0.4 is 4.74 Å². The highest BCUT2D eigenvalue weighted by molar-refractivity contribution is 5.81. The van der Waals surface area contributed by atoms with Gasteiger partial charge in [0, 0.05) is 18.9 Å². The SMILES string of the molecule is COc1ccccc1C1=CC(F)(C(F)(F)F)CC(C(CC(=O)O)c2nnc(C)o2)=C1. The zero-order chi connectivity index (χ0) is 22.1. The number of alkyl halides is 4. The zero-order valence-electron chi connectivity index (χ0n) is 16.0. The highest BCUT2D eigenvalue weighted by Gasteiger charge is 2.56. The maximum absolute atomic E-state index is 15.2. The van der Waals surface area contributed by atoms with Crippen molar-refractivity contribution in [1.82, 2.24) is 10.2 Å². The summed E-state index contributed by atoms with van der Waals surface area (Å²) in [5.41, 5.74) is -3.68. The van der Waals surface area contributed by atoms with E-state index in [4.69, 9.17) is 9.15 Å². The molecule has 30 heavy (non-hydrogen) atoms. The molecule has 2 atom stereocenters. The van der Waals surface area contributed by atoms with E-state index in [0.717, 1.165) is 0 Å². The van der Waals surface area contributed by atoms with Gasteiger partial charge in [-0.15, -0.1) is 10.2 Å². The molecule has 0 bridgehead atoms. The van der Waals surface area contributed by atoms with E-state index in [1.807, 2.05) is 0 Å². The Morgan fingerprint density at radius 3 is 2.60 bits per heavy atom. The minimum Gasteiger partial charge on any atom is -0.496 e. The number of allylic oxidation sites excluding steroid dienone is 4. The fraction of sp³-hybridized carbons (Fsp3) is 0.350. The van der Waals surface area contributed by atoms with Crippen LogP contribution in [0.15, 0.2) is 46.4 Å². The molecule has 2 aromatic rings. The molecule has 10 heteroatoms. The number of benzene rings is 1. The fourth-order valence-electron chi connectivity index (χ4n) is 3.34. The lowest BCUT2D eigenvalue weighted by Crippen LogP contribution is -2.41. The Hall–Kier alpha value is -3.17. The Balaban J connectivity index is 2.18. The Morgan fingerprint density at radius 1 is 1.33 bits per heavy atom. The highest BCUT2D eigenvalue weighted by Crippen LogP contribution is 2.49. The van der Waals surface area contributed by atoms with E-state index in [9.17, 15) is 23.1 Å². The first-order chi connectivity index (χ1) is 14.0. The Bertz CT molecular complexity index is 1010. The van der Waals surface area contributed by atoms with Crippen LogP contribution >= 0.6 is 0 Å². The minimum atomic E-state index is -5.22. The lowest BCUT2D eigenvalue weighted by molar-refractivity contribution is -0.211. The van der Waals surface area contributed by atoms with Gasteiger partial charge in [-0.3, -0.25) is 4.79 Å². The van der Waals surface area contributed by atoms with E-state index < -0.39 is 36.6 Å². The van der Waals surface area contributed by atoms with Crippen LogP contribution in [0.25, 0.3) is 5.57 Å². The number of halogens is 4. The van der Waals surface area contributed by atoms with Crippen molar-refractivity contribution in [3.63, 3.8) is 0 Å². The van der Waals surface area contributed by atoms with Crippen molar-refractivity contribution in [2.75, 3.05) is 7.11 Å². The van der Waals surface area contributed by atoms with Gasteiger partial charge in [0.2, 0.25) is 17.5 Å². The summed E-state index contributed by atoms with van der Waals surface area (Å²) in [5, 5.41) is 16.6. The highest BCUT2D eigenvalue weighted by atomic mass is 19.4. The van der Waals surface area contributed by atoms with Gasteiger partial charge < -0.3 is 14.3 Å². The molecule has 0 fully saturated rings. The summed E-state index contributed by atoms with van der Waals surface area (Å²) in [7, 11) is 1.34. The maximum atomic E-state index is 15.2. The molecular weight excluding hydrogens is 408 g/mol. The number of aryl methyl sites for hydroxylation is 1. The van der Waals surface area contributed by atoms with Crippen molar-refractivity contribution in [1.29, 1.82) is 0 Å². The molecule has 1 N–H and O–H groups in total. The molecule has 6 nitrogen and oxygen atoms in total. The first-order valence-electron chi connectivity index (χ1n) is 8.88. The predicted molar refractivity (Wildman–Crippen MR) is 97.6 cm³/mol. The van der Waals surface area contributed by atoms with Crippen molar-refractivity contribution < 1.29 is 36.6 Å². The number of hydrogen-bond donors (Lipinski definition) is 1. The minimum absolute atomic E-state index is 0.0832. The Morgan fingerprint density at radius 2 is 2.03 bits per heavy atom. The van der Waals surface area contributed by atoms with Crippen molar-refractivity contribution in [3.05, 3.63) is 59.3 Å². The fourth-order valence-corrected chi connectivity index (χ4v) is 3.34. The van der Waals surface area contributed by atoms with Gasteiger partial charge in [0.15, 0.2) is 0 Å². The zero-order valence-corrected chi connectivity index (χ0v) is 16.0. The number of carboxylic acids is 1. The average molecular weight is 426 g/mol. The number of ether oxygens (including phenoxy) is 1. The van der Waals surface area contributed by atoms with Crippen LogP contribution in [0.2, 0.25) is 0 Å². The van der Waals surface area contributed by atoms with E-state index in [1.165, 1.54) is 32.2 Å². The summed E-state index contributed by atoms with van der Waals surface area (Å²) < 4.78 is 66.7. The lowest BCUT2D eigenvalue weighted by atomic mass is 9.79. The summed E-state index contributed by atoms with van der Waals surface area (Å²) in [6, 6.07) is 6.22. The number of aliphatic carboxylic acids is 1. The molecule has 1 aromatic carbocycles. The molecule has 0 aliphatic heterocycles. The van der Waals surface area contributed by atoms with E-state index in [-0.39, 0.29) is 34.2 Å². The number of carbonyl (C=O) groups is 1. The second-order valence-corrected chi connectivity index (χ2v) is 6.87. The number of aromatic nitrogens is 2. The van der Waals surface area contributed by atoms with E-state index >= 15 is 4.39 Å². The van der Waals surface area contributed by atoms with E-state index in [2.05, 4.69) is 10.2 Å². The molecule has 1 aliphatic carbocycles. The van der Waals surface area contributed by atoms with Gasteiger partial charge in [-0.2, -0.15) is 13.2 Å². The molecular formula is C20H18F4N2O4. The first-order valence-corrected chi connectivity index (χ1v) is 8.88. The molecule has 2 unspecified atom stereocenters. The van der Waals surface area contributed by atoms with Gasteiger partial charge in [-0.25, -0.2) is 4.39 Å². The second-order valence-electron chi connectivity index (χ2n) is 6.87. The van der Waals surface area contributed by atoms with Crippen LogP contribution in [-0.2, 0) is 4.79 Å². The lowest BCUT2D eigenvalue weighted by Gasteiger charge is -2.32. The molecule has 1 aromatic heterocycles. The largest absolute Gasteiger partial charge is 0.496 e. The summed E-state index contributed by atoms with van der Waals surface area (Å²) in [6.07, 6.45) is -5.13. The third kappa shape index (κ3) is 4.22. The first kappa shape index (κ1) is 21.5. The van der Waals surface area contributed by atoms with Gasteiger partial charge in [-0.1, -0.05) is 29.8 Å². The van der Waals surface area contributed by atoms with Gasteiger partial charge >= 0.3 is 12.1 Å². The molecule has 0 saturated heterocycles. The molecule has 0 radical (unpaired) electrons. The normalized spacial score (nSPS) is 20.3. The Labute approximate surface area is 168 Å². The summed E-state index contributed by atoms with van der Waals surface area (Å²) in [4.78, 5) is 11.4.